The summed E-state index contributed by atoms with van der Waals surface area (Å²) >= 11 is 0. The van der Waals surface area contributed by atoms with E-state index < -0.39 is 5.60 Å². The molecule has 0 radical (unpaired) electrons. The van der Waals surface area contributed by atoms with E-state index in [0.29, 0.717) is 5.92 Å². The van der Waals surface area contributed by atoms with E-state index in [1.54, 1.807) is 6.07 Å². The third-order valence-corrected chi connectivity index (χ3v) is 3.43. The minimum absolute atomic E-state index is 0.231. The summed E-state index contributed by atoms with van der Waals surface area (Å²) in [5, 5.41) is 10.5. The Labute approximate surface area is 89.9 Å². The highest BCUT2D eigenvalue weighted by Crippen LogP contribution is 2.42. The molecule has 0 heterocycles. The molecule has 0 bridgehead atoms. The van der Waals surface area contributed by atoms with Crippen LogP contribution >= 0.6 is 0 Å². The maximum absolute atomic E-state index is 13.0. The Hall–Kier alpha value is -0.890. The first-order chi connectivity index (χ1) is 7.01. The highest BCUT2D eigenvalue weighted by atomic mass is 19.1. The average Bonchev–Trinajstić information content (AvgIpc) is 2.46. The predicted octanol–water partition coefficient (Wildman–Crippen LogP) is 3.14. The monoisotopic (exact) mass is 208 g/mol. The van der Waals surface area contributed by atoms with Gasteiger partial charge in [-0.3, -0.25) is 0 Å². The number of rotatable bonds is 1. The Bertz CT molecular complexity index is 375. The van der Waals surface area contributed by atoms with Crippen LogP contribution in [0.3, 0.4) is 0 Å². The van der Waals surface area contributed by atoms with E-state index in [1.165, 1.54) is 12.1 Å². The standard InChI is InChI=1S/C13H17FO/c1-9-5-6-13(15,8-9)12-4-3-11(14)7-10(12)2/h3-4,7,9,15H,5-6,8H2,1-2H3. The van der Waals surface area contributed by atoms with Crippen molar-refractivity contribution in [3.8, 4) is 0 Å². The third kappa shape index (κ3) is 1.91. The molecule has 1 N–H and O–H groups in total. The smallest absolute Gasteiger partial charge is 0.123 e. The Balaban J connectivity index is 2.37. The Morgan fingerprint density at radius 1 is 1.47 bits per heavy atom. The van der Waals surface area contributed by atoms with E-state index in [1.807, 2.05) is 6.92 Å². The highest BCUT2D eigenvalue weighted by Gasteiger charge is 2.37. The molecule has 1 aliphatic carbocycles. The van der Waals surface area contributed by atoms with Gasteiger partial charge < -0.3 is 5.11 Å². The summed E-state index contributed by atoms with van der Waals surface area (Å²) in [6, 6.07) is 4.66. The van der Waals surface area contributed by atoms with Crippen LogP contribution in [0.25, 0.3) is 0 Å². The number of halogens is 1. The van der Waals surface area contributed by atoms with Gasteiger partial charge in [-0.1, -0.05) is 13.0 Å². The van der Waals surface area contributed by atoms with Crippen molar-refractivity contribution in [1.82, 2.24) is 0 Å². The number of hydrogen-bond donors (Lipinski definition) is 1. The van der Waals surface area contributed by atoms with Crippen LogP contribution in [0.1, 0.15) is 37.3 Å². The summed E-state index contributed by atoms with van der Waals surface area (Å²) in [6.45, 7) is 4.01. The lowest BCUT2D eigenvalue weighted by Gasteiger charge is -2.25. The van der Waals surface area contributed by atoms with E-state index in [4.69, 9.17) is 0 Å². The molecule has 0 amide bonds. The van der Waals surface area contributed by atoms with Crippen LogP contribution in [0.15, 0.2) is 18.2 Å². The van der Waals surface area contributed by atoms with Crippen molar-refractivity contribution in [3.63, 3.8) is 0 Å². The van der Waals surface area contributed by atoms with Gasteiger partial charge in [0.25, 0.3) is 0 Å². The first-order valence-electron chi connectivity index (χ1n) is 5.50. The zero-order chi connectivity index (χ0) is 11.1. The Morgan fingerprint density at radius 2 is 2.20 bits per heavy atom. The minimum Gasteiger partial charge on any atom is -0.385 e. The fraction of sp³-hybridized carbons (Fsp3) is 0.538. The van der Waals surface area contributed by atoms with Gasteiger partial charge in [-0.15, -0.1) is 0 Å². The minimum atomic E-state index is -0.725. The van der Waals surface area contributed by atoms with Gasteiger partial charge >= 0.3 is 0 Å². The lowest BCUT2D eigenvalue weighted by molar-refractivity contribution is 0.0401. The molecule has 2 atom stereocenters. The maximum atomic E-state index is 13.0. The second kappa shape index (κ2) is 3.60. The van der Waals surface area contributed by atoms with Crippen LogP contribution in [0.5, 0.6) is 0 Å². The molecule has 1 aromatic carbocycles. The van der Waals surface area contributed by atoms with E-state index in [9.17, 15) is 9.50 Å². The Morgan fingerprint density at radius 3 is 2.73 bits per heavy atom. The molecule has 2 unspecified atom stereocenters. The van der Waals surface area contributed by atoms with E-state index in [-0.39, 0.29) is 5.82 Å². The largest absolute Gasteiger partial charge is 0.385 e. The molecule has 1 aromatic rings. The topological polar surface area (TPSA) is 20.2 Å². The molecule has 1 aliphatic rings. The fourth-order valence-corrected chi connectivity index (χ4v) is 2.66. The lowest BCUT2D eigenvalue weighted by Crippen LogP contribution is -2.22. The number of benzene rings is 1. The normalized spacial score (nSPS) is 30.8. The van der Waals surface area contributed by atoms with Crippen molar-refractivity contribution < 1.29 is 9.50 Å². The number of aliphatic hydroxyl groups is 1. The van der Waals surface area contributed by atoms with E-state index >= 15 is 0 Å². The van der Waals surface area contributed by atoms with Gasteiger partial charge in [0.2, 0.25) is 0 Å². The fourth-order valence-electron chi connectivity index (χ4n) is 2.66. The van der Waals surface area contributed by atoms with Gasteiger partial charge in [0.05, 0.1) is 5.60 Å². The van der Waals surface area contributed by atoms with Crippen LogP contribution in [0.2, 0.25) is 0 Å². The molecular weight excluding hydrogens is 191 g/mol. The van der Waals surface area contributed by atoms with Gasteiger partial charge in [0.15, 0.2) is 0 Å². The van der Waals surface area contributed by atoms with Crippen LogP contribution in [-0.4, -0.2) is 5.11 Å². The quantitative estimate of drug-likeness (QED) is 0.751. The second-order valence-corrected chi connectivity index (χ2v) is 4.84. The van der Waals surface area contributed by atoms with Crippen molar-refractivity contribution in [2.24, 2.45) is 5.92 Å². The molecule has 1 saturated carbocycles. The van der Waals surface area contributed by atoms with Gasteiger partial charge in [-0.25, -0.2) is 4.39 Å². The molecule has 0 spiro atoms. The molecule has 2 rings (SSSR count). The predicted molar refractivity (Wildman–Crippen MR) is 58.0 cm³/mol. The molecule has 1 fully saturated rings. The summed E-state index contributed by atoms with van der Waals surface area (Å²) in [7, 11) is 0. The van der Waals surface area contributed by atoms with E-state index in [2.05, 4.69) is 6.92 Å². The van der Waals surface area contributed by atoms with Gasteiger partial charge in [0, 0.05) is 0 Å². The second-order valence-electron chi connectivity index (χ2n) is 4.84. The Kier molecular flexibility index (Phi) is 2.55. The van der Waals surface area contributed by atoms with Crippen LogP contribution < -0.4 is 0 Å². The molecule has 1 nitrogen and oxygen atoms in total. The van der Waals surface area contributed by atoms with Crippen LogP contribution in [0.4, 0.5) is 4.39 Å². The zero-order valence-electron chi connectivity index (χ0n) is 9.26. The van der Waals surface area contributed by atoms with Crippen molar-refractivity contribution in [2.45, 2.75) is 38.7 Å². The summed E-state index contributed by atoms with van der Waals surface area (Å²) < 4.78 is 13.0. The number of aryl methyl sites for hydroxylation is 1. The van der Waals surface area contributed by atoms with Crippen molar-refractivity contribution >= 4 is 0 Å². The van der Waals surface area contributed by atoms with Gasteiger partial charge in [-0.05, 0) is 55.4 Å². The third-order valence-electron chi connectivity index (χ3n) is 3.43. The van der Waals surface area contributed by atoms with Crippen LogP contribution in [-0.2, 0) is 5.60 Å². The first-order valence-corrected chi connectivity index (χ1v) is 5.50. The molecule has 0 aromatic heterocycles. The maximum Gasteiger partial charge on any atom is 0.123 e. The molecule has 15 heavy (non-hydrogen) atoms. The summed E-state index contributed by atoms with van der Waals surface area (Å²) in [5.41, 5.74) is 1.02. The lowest BCUT2D eigenvalue weighted by atomic mass is 9.88. The first kappa shape index (κ1) is 10.6. The highest BCUT2D eigenvalue weighted by molar-refractivity contribution is 5.32. The summed E-state index contributed by atoms with van der Waals surface area (Å²) in [5.74, 6) is 0.324. The molecule has 2 heteroatoms. The molecule has 82 valence electrons. The van der Waals surface area contributed by atoms with Crippen molar-refractivity contribution in [3.05, 3.63) is 35.1 Å². The summed E-state index contributed by atoms with van der Waals surface area (Å²) in [4.78, 5) is 0. The van der Waals surface area contributed by atoms with Crippen molar-refractivity contribution in [1.29, 1.82) is 0 Å². The van der Waals surface area contributed by atoms with Crippen molar-refractivity contribution in [2.75, 3.05) is 0 Å². The van der Waals surface area contributed by atoms with E-state index in [0.717, 1.165) is 30.4 Å². The molecule has 0 aliphatic heterocycles. The SMILES string of the molecule is Cc1cc(F)ccc1C1(O)CCC(C)C1. The van der Waals surface area contributed by atoms with Gasteiger partial charge in [-0.2, -0.15) is 0 Å². The molecular formula is C13H17FO. The average molecular weight is 208 g/mol. The number of hydrogen-bond acceptors (Lipinski definition) is 1. The zero-order valence-corrected chi connectivity index (χ0v) is 9.26. The molecule has 0 saturated heterocycles. The summed E-state index contributed by atoms with van der Waals surface area (Å²) in [6.07, 6.45) is 2.63. The van der Waals surface area contributed by atoms with Crippen LogP contribution in [0, 0.1) is 18.7 Å². The van der Waals surface area contributed by atoms with Gasteiger partial charge in [0.1, 0.15) is 5.82 Å².